The molecule has 0 radical (unpaired) electrons. The van der Waals surface area contributed by atoms with Gasteiger partial charge in [-0.1, -0.05) is 12.1 Å². The van der Waals surface area contributed by atoms with E-state index in [0.29, 0.717) is 16.9 Å². The Bertz CT molecular complexity index is 1090. The van der Waals surface area contributed by atoms with Crippen LogP contribution in [-0.2, 0) is 0 Å². The maximum atomic E-state index is 10.9. The second kappa shape index (κ2) is 7.33. The van der Waals surface area contributed by atoms with Crippen molar-refractivity contribution in [3.63, 3.8) is 0 Å². The standard InChI is InChI=1S/C19H12N4O4/c20-13-15(14-3-1-4-19(11-14)23(26)27)12-18-5-2-10-21(18)16-6-8-17(9-7-16)22(24)25/h1-12H/b15-12-. The maximum Gasteiger partial charge on any atom is 0.270 e. The Morgan fingerprint density at radius 3 is 2.30 bits per heavy atom. The molecule has 0 saturated carbocycles. The second-order valence-corrected chi connectivity index (χ2v) is 5.55. The normalized spacial score (nSPS) is 11.0. The van der Waals surface area contributed by atoms with Crippen LogP contribution in [0.2, 0.25) is 0 Å². The first-order chi connectivity index (χ1) is 13.0. The van der Waals surface area contributed by atoms with Crippen LogP contribution in [0.1, 0.15) is 11.3 Å². The molecule has 0 aliphatic heterocycles. The Morgan fingerprint density at radius 1 is 0.963 bits per heavy atom. The zero-order valence-electron chi connectivity index (χ0n) is 13.9. The van der Waals surface area contributed by atoms with Crippen LogP contribution in [0.15, 0.2) is 66.9 Å². The minimum Gasteiger partial charge on any atom is -0.317 e. The molecule has 0 aliphatic rings. The molecule has 8 heteroatoms. The van der Waals surface area contributed by atoms with E-state index < -0.39 is 9.85 Å². The molecular formula is C19H12N4O4. The lowest BCUT2D eigenvalue weighted by atomic mass is 10.1. The SMILES string of the molecule is N#C/C(=C/c1cccn1-c1ccc([N+](=O)[O-])cc1)c1cccc([N+](=O)[O-])c1. The van der Waals surface area contributed by atoms with E-state index in [1.165, 1.54) is 30.3 Å². The van der Waals surface area contributed by atoms with Crippen molar-refractivity contribution in [1.29, 1.82) is 5.26 Å². The molecule has 27 heavy (non-hydrogen) atoms. The summed E-state index contributed by atoms with van der Waals surface area (Å²) in [4.78, 5) is 20.7. The van der Waals surface area contributed by atoms with Crippen LogP contribution >= 0.6 is 0 Å². The van der Waals surface area contributed by atoms with E-state index >= 15 is 0 Å². The molecular weight excluding hydrogens is 348 g/mol. The number of aromatic nitrogens is 1. The van der Waals surface area contributed by atoms with Crippen LogP contribution in [0.5, 0.6) is 0 Å². The maximum absolute atomic E-state index is 10.9. The summed E-state index contributed by atoms with van der Waals surface area (Å²) in [5.41, 5.74) is 1.93. The Morgan fingerprint density at radius 2 is 1.67 bits per heavy atom. The number of allylic oxidation sites excluding steroid dienone is 1. The third-order valence-corrected chi connectivity index (χ3v) is 3.90. The number of nitrogens with zero attached hydrogens (tertiary/aromatic N) is 4. The summed E-state index contributed by atoms with van der Waals surface area (Å²) < 4.78 is 1.76. The number of rotatable bonds is 5. The Labute approximate surface area is 153 Å². The van der Waals surface area contributed by atoms with E-state index in [9.17, 15) is 25.5 Å². The summed E-state index contributed by atoms with van der Waals surface area (Å²) in [6.07, 6.45) is 3.37. The van der Waals surface area contributed by atoms with Gasteiger partial charge in [-0.3, -0.25) is 20.2 Å². The average molecular weight is 360 g/mol. The highest BCUT2D eigenvalue weighted by molar-refractivity contribution is 5.89. The highest BCUT2D eigenvalue weighted by atomic mass is 16.6. The predicted octanol–water partition coefficient (Wildman–Crippen LogP) is 4.36. The van der Waals surface area contributed by atoms with Crippen LogP contribution in [0.4, 0.5) is 11.4 Å². The molecule has 0 unspecified atom stereocenters. The molecule has 0 saturated heterocycles. The van der Waals surface area contributed by atoms with E-state index in [-0.39, 0.29) is 16.9 Å². The van der Waals surface area contributed by atoms with Gasteiger partial charge in [0.15, 0.2) is 0 Å². The third-order valence-electron chi connectivity index (χ3n) is 3.90. The zero-order valence-corrected chi connectivity index (χ0v) is 13.9. The highest BCUT2D eigenvalue weighted by Crippen LogP contribution is 2.24. The van der Waals surface area contributed by atoms with Crippen molar-refractivity contribution in [2.75, 3.05) is 0 Å². The van der Waals surface area contributed by atoms with Crippen molar-refractivity contribution in [2.45, 2.75) is 0 Å². The summed E-state index contributed by atoms with van der Waals surface area (Å²) in [6.45, 7) is 0. The van der Waals surface area contributed by atoms with Gasteiger partial charge in [-0.15, -0.1) is 0 Å². The van der Waals surface area contributed by atoms with E-state index in [1.807, 2.05) is 0 Å². The fourth-order valence-corrected chi connectivity index (χ4v) is 2.60. The van der Waals surface area contributed by atoms with Crippen molar-refractivity contribution in [3.8, 4) is 11.8 Å². The van der Waals surface area contributed by atoms with E-state index in [2.05, 4.69) is 6.07 Å². The monoisotopic (exact) mass is 360 g/mol. The number of nitro groups is 2. The lowest BCUT2D eigenvalue weighted by Crippen LogP contribution is -1.96. The second-order valence-electron chi connectivity index (χ2n) is 5.55. The number of benzene rings is 2. The van der Waals surface area contributed by atoms with Gasteiger partial charge < -0.3 is 4.57 Å². The molecule has 8 nitrogen and oxygen atoms in total. The smallest absolute Gasteiger partial charge is 0.270 e. The van der Waals surface area contributed by atoms with Crippen LogP contribution in [0.25, 0.3) is 17.3 Å². The van der Waals surface area contributed by atoms with Crippen molar-refractivity contribution >= 4 is 23.0 Å². The molecule has 0 amide bonds. The van der Waals surface area contributed by atoms with Crippen LogP contribution in [0, 0.1) is 31.6 Å². The van der Waals surface area contributed by atoms with Gasteiger partial charge in [0.1, 0.15) is 0 Å². The average Bonchev–Trinajstić information content (AvgIpc) is 3.14. The summed E-state index contributed by atoms with van der Waals surface area (Å²) in [5, 5.41) is 31.2. The molecule has 0 aliphatic carbocycles. The molecule has 132 valence electrons. The topological polar surface area (TPSA) is 115 Å². The first kappa shape index (κ1) is 17.6. The van der Waals surface area contributed by atoms with Gasteiger partial charge in [0.2, 0.25) is 0 Å². The lowest BCUT2D eigenvalue weighted by Gasteiger charge is -2.07. The van der Waals surface area contributed by atoms with Crippen LogP contribution in [-0.4, -0.2) is 14.4 Å². The van der Waals surface area contributed by atoms with E-state index in [1.54, 1.807) is 47.2 Å². The Balaban J connectivity index is 2.01. The molecule has 0 fully saturated rings. The molecule has 0 atom stereocenters. The number of hydrogen-bond donors (Lipinski definition) is 0. The third kappa shape index (κ3) is 3.72. The molecule has 0 spiro atoms. The minimum absolute atomic E-state index is 0.0164. The molecule has 2 aromatic carbocycles. The largest absolute Gasteiger partial charge is 0.317 e. The van der Waals surface area contributed by atoms with E-state index in [0.717, 1.165) is 0 Å². The van der Waals surface area contributed by atoms with Gasteiger partial charge in [-0.05, 0) is 35.9 Å². The first-order valence-electron chi connectivity index (χ1n) is 7.78. The van der Waals surface area contributed by atoms with Crippen molar-refractivity contribution in [1.82, 2.24) is 4.57 Å². The quantitative estimate of drug-likeness (QED) is 0.381. The van der Waals surface area contributed by atoms with Crippen molar-refractivity contribution < 1.29 is 9.85 Å². The number of nitriles is 1. The molecule has 3 rings (SSSR count). The van der Waals surface area contributed by atoms with Gasteiger partial charge >= 0.3 is 0 Å². The highest BCUT2D eigenvalue weighted by Gasteiger charge is 2.11. The lowest BCUT2D eigenvalue weighted by molar-refractivity contribution is -0.385. The van der Waals surface area contributed by atoms with Gasteiger partial charge in [0.25, 0.3) is 11.4 Å². The Hall–Kier alpha value is -4.25. The van der Waals surface area contributed by atoms with Crippen molar-refractivity contribution in [3.05, 3.63) is 98.3 Å². The van der Waals surface area contributed by atoms with Gasteiger partial charge in [-0.2, -0.15) is 5.26 Å². The molecule has 1 aromatic heterocycles. The number of nitro benzene ring substituents is 2. The zero-order chi connectivity index (χ0) is 19.4. The summed E-state index contributed by atoms with van der Waals surface area (Å²) in [7, 11) is 0. The van der Waals surface area contributed by atoms with Gasteiger partial charge in [0, 0.05) is 41.8 Å². The Kier molecular flexibility index (Phi) is 4.77. The predicted molar refractivity (Wildman–Crippen MR) is 99.0 cm³/mol. The summed E-state index contributed by atoms with van der Waals surface area (Å²) in [6, 6.07) is 17.5. The summed E-state index contributed by atoms with van der Waals surface area (Å²) >= 11 is 0. The van der Waals surface area contributed by atoms with Crippen LogP contribution < -0.4 is 0 Å². The first-order valence-corrected chi connectivity index (χ1v) is 7.78. The summed E-state index contributed by atoms with van der Waals surface area (Å²) in [5.74, 6) is 0. The molecule has 3 aromatic rings. The van der Waals surface area contributed by atoms with Gasteiger partial charge in [0.05, 0.1) is 21.5 Å². The van der Waals surface area contributed by atoms with Crippen LogP contribution in [0.3, 0.4) is 0 Å². The number of hydrogen-bond acceptors (Lipinski definition) is 5. The van der Waals surface area contributed by atoms with E-state index in [4.69, 9.17) is 0 Å². The fourth-order valence-electron chi connectivity index (χ4n) is 2.60. The minimum atomic E-state index is -0.516. The molecule has 0 N–H and O–H groups in total. The van der Waals surface area contributed by atoms with Crippen molar-refractivity contribution in [2.24, 2.45) is 0 Å². The molecule has 0 bridgehead atoms. The molecule has 1 heterocycles. The fraction of sp³-hybridized carbons (Fsp3) is 0. The number of non-ortho nitro benzene ring substituents is 2. The van der Waals surface area contributed by atoms with Gasteiger partial charge in [-0.25, -0.2) is 0 Å².